The summed E-state index contributed by atoms with van der Waals surface area (Å²) in [5.74, 6) is -0.148. The first-order valence-corrected chi connectivity index (χ1v) is 12.4. The zero-order chi connectivity index (χ0) is 25.7. The van der Waals surface area contributed by atoms with E-state index in [2.05, 4.69) is 30.9 Å². The molecule has 0 aliphatic carbocycles. The van der Waals surface area contributed by atoms with Crippen molar-refractivity contribution in [2.24, 2.45) is 11.8 Å². The Morgan fingerprint density at radius 3 is 2.33 bits per heavy atom. The lowest BCUT2D eigenvalue weighted by atomic mass is 9.88. The maximum atomic E-state index is 14.5. The summed E-state index contributed by atoms with van der Waals surface area (Å²) in [5, 5.41) is 11.0. The number of nitrogens with zero attached hydrogens (tertiary/aromatic N) is 3. The van der Waals surface area contributed by atoms with Crippen LogP contribution >= 0.6 is 0 Å². The molecular formula is C29H32FN3O3. The quantitative estimate of drug-likeness (QED) is 0.284. The Morgan fingerprint density at radius 1 is 1.03 bits per heavy atom. The molecule has 4 rings (SSSR count). The SMILES string of the molecule is CC(C)CN(C[C@@H]1CN(Cc2ccc([N+](=O)[O-])cc2)C[C@H]1c1ccccc1)C(=O)c1ccccc1F. The summed E-state index contributed by atoms with van der Waals surface area (Å²) in [4.78, 5) is 28.2. The predicted molar refractivity (Wildman–Crippen MR) is 138 cm³/mol. The van der Waals surface area contributed by atoms with Crippen LogP contribution in [0.3, 0.4) is 0 Å². The van der Waals surface area contributed by atoms with Crippen LogP contribution in [0.15, 0.2) is 78.9 Å². The highest BCUT2D eigenvalue weighted by Crippen LogP contribution is 2.34. The number of carbonyl (C=O) groups excluding carboxylic acids is 1. The van der Waals surface area contributed by atoms with Gasteiger partial charge in [0.15, 0.2) is 0 Å². The summed E-state index contributed by atoms with van der Waals surface area (Å²) in [6.07, 6.45) is 0. The molecule has 6 nitrogen and oxygen atoms in total. The first-order chi connectivity index (χ1) is 17.3. The first-order valence-electron chi connectivity index (χ1n) is 12.4. The van der Waals surface area contributed by atoms with Crippen molar-refractivity contribution in [2.45, 2.75) is 26.3 Å². The number of nitro benzene ring substituents is 1. The normalized spacial score (nSPS) is 17.9. The molecule has 0 bridgehead atoms. The van der Waals surface area contributed by atoms with E-state index in [1.165, 1.54) is 23.8 Å². The van der Waals surface area contributed by atoms with Crippen molar-refractivity contribution in [2.75, 3.05) is 26.2 Å². The van der Waals surface area contributed by atoms with Gasteiger partial charge in [-0.3, -0.25) is 19.8 Å². The van der Waals surface area contributed by atoms with Crippen molar-refractivity contribution >= 4 is 11.6 Å². The fourth-order valence-corrected chi connectivity index (χ4v) is 5.10. The van der Waals surface area contributed by atoms with Crippen LogP contribution in [0.2, 0.25) is 0 Å². The maximum absolute atomic E-state index is 14.5. The molecule has 1 heterocycles. The standard InChI is InChI=1S/C29H32FN3O3/c1-21(2)16-32(29(34)26-10-6-7-11-28(26)30)19-24-18-31(20-27(24)23-8-4-3-5-9-23)17-22-12-14-25(15-13-22)33(35)36/h3-15,21,24,27H,16-20H2,1-2H3/t24-,27-/m0/s1. The molecule has 0 aromatic heterocycles. The van der Waals surface area contributed by atoms with E-state index in [4.69, 9.17) is 0 Å². The van der Waals surface area contributed by atoms with Crippen LogP contribution in [0.1, 0.15) is 41.3 Å². The van der Waals surface area contributed by atoms with Gasteiger partial charge in [-0.1, -0.05) is 68.4 Å². The van der Waals surface area contributed by atoms with E-state index in [1.54, 1.807) is 35.2 Å². The minimum atomic E-state index is -0.498. The van der Waals surface area contributed by atoms with Crippen molar-refractivity contribution < 1.29 is 14.1 Å². The summed E-state index contributed by atoms with van der Waals surface area (Å²) in [5.41, 5.74) is 2.41. The molecule has 0 saturated carbocycles. The van der Waals surface area contributed by atoms with Crippen LogP contribution in [0, 0.1) is 27.8 Å². The molecule has 3 aromatic rings. The van der Waals surface area contributed by atoms with E-state index in [0.717, 1.165) is 18.7 Å². The van der Waals surface area contributed by atoms with Gasteiger partial charge >= 0.3 is 0 Å². The second-order valence-electron chi connectivity index (χ2n) is 9.98. The van der Waals surface area contributed by atoms with E-state index in [9.17, 15) is 19.3 Å². The van der Waals surface area contributed by atoms with Crippen LogP contribution < -0.4 is 0 Å². The van der Waals surface area contributed by atoms with Crippen LogP contribution in [0.25, 0.3) is 0 Å². The van der Waals surface area contributed by atoms with Gasteiger partial charge in [0.25, 0.3) is 11.6 Å². The summed E-state index contributed by atoms with van der Waals surface area (Å²) in [6, 6.07) is 23.1. The van der Waals surface area contributed by atoms with Gasteiger partial charge in [0.05, 0.1) is 10.5 Å². The summed E-state index contributed by atoms with van der Waals surface area (Å²) >= 11 is 0. The summed E-state index contributed by atoms with van der Waals surface area (Å²) in [7, 11) is 0. The molecule has 36 heavy (non-hydrogen) atoms. The monoisotopic (exact) mass is 489 g/mol. The average Bonchev–Trinajstić information content (AvgIpc) is 3.26. The van der Waals surface area contributed by atoms with Crippen LogP contribution in [0.5, 0.6) is 0 Å². The third-order valence-electron chi connectivity index (χ3n) is 6.73. The molecule has 1 fully saturated rings. The van der Waals surface area contributed by atoms with Gasteiger partial charge in [0.1, 0.15) is 5.82 Å². The topological polar surface area (TPSA) is 66.7 Å². The molecule has 0 radical (unpaired) electrons. The number of carbonyl (C=O) groups is 1. The third kappa shape index (κ3) is 6.15. The second-order valence-corrected chi connectivity index (χ2v) is 9.98. The van der Waals surface area contributed by atoms with Crippen molar-refractivity contribution in [3.05, 3.63) is 111 Å². The lowest BCUT2D eigenvalue weighted by molar-refractivity contribution is -0.384. The zero-order valence-corrected chi connectivity index (χ0v) is 20.7. The van der Waals surface area contributed by atoms with Gasteiger partial charge in [-0.25, -0.2) is 4.39 Å². The zero-order valence-electron chi connectivity index (χ0n) is 20.7. The minimum absolute atomic E-state index is 0.0798. The number of halogens is 1. The number of rotatable bonds is 9. The van der Waals surface area contributed by atoms with E-state index < -0.39 is 10.7 Å². The molecule has 1 aliphatic heterocycles. The number of hydrogen-bond donors (Lipinski definition) is 0. The largest absolute Gasteiger partial charge is 0.338 e. The molecule has 2 atom stereocenters. The fraction of sp³-hybridized carbons (Fsp3) is 0.345. The van der Waals surface area contributed by atoms with E-state index in [-0.39, 0.29) is 34.9 Å². The molecule has 0 unspecified atom stereocenters. The second kappa shape index (κ2) is 11.4. The van der Waals surface area contributed by atoms with Gasteiger partial charge in [0, 0.05) is 50.8 Å². The van der Waals surface area contributed by atoms with Gasteiger partial charge in [-0.05, 0) is 35.1 Å². The van der Waals surface area contributed by atoms with Crippen LogP contribution in [-0.4, -0.2) is 46.8 Å². The maximum Gasteiger partial charge on any atom is 0.269 e. The molecule has 7 heteroatoms. The molecule has 188 valence electrons. The number of amides is 1. The number of non-ortho nitro benzene ring substituents is 1. The summed E-state index contributed by atoms with van der Waals surface area (Å²) in [6.45, 7) is 7.46. The van der Waals surface area contributed by atoms with Crippen molar-refractivity contribution in [3.63, 3.8) is 0 Å². The van der Waals surface area contributed by atoms with E-state index >= 15 is 0 Å². The fourth-order valence-electron chi connectivity index (χ4n) is 5.10. The van der Waals surface area contributed by atoms with Crippen LogP contribution in [0.4, 0.5) is 10.1 Å². The molecule has 1 aliphatic rings. The number of hydrogen-bond acceptors (Lipinski definition) is 4. The van der Waals surface area contributed by atoms with Gasteiger partial charge in [0.2, 0.25) is 0 Å². The Morgan fingerprint density at radius 2 is 1.69 bits per heavy atom. The van der Waals surface area contributed by atoms with Crippen molar-refractivity contribution in [1.82, 2.24) is 9.80 Å². The lowest BCUT2D eigenvalue weighted by Gasteiger charge is -2.30. The average molecular weight is 490 g/mol. The third-order valence-corrected chi connectivity index (χ3v) is 6.73. The highest BCUT2D eigenvalue weighted by Gasteiger charge is 2.36. The van der Waals surface area contributed by atoms with E-state index in [1.807, 2.05) is 18.2 Å². The Labute approximate surface area is 211 Å². The Hall–Kier alpha value is -3.58. The van der Waals surface area contributed by atoms with Crippen molar-refractivity contribution in [1.29, 1.82) is 0 Å². The number of likely N-dealkylation sites (tertiary alicyclic amines) is 1. The Balaban J connectivity index is 1.56. The van der Waals surface area contributed by atoms with Gasteiger partial charge in [-0.15, -0.1) is 0 Å². The van der Waals surface area contributed by atoms with Crippen molar-refractivity contribution in [3.8, 4) is 0 Å². The number of nitro groups is 1. The molecule has 3 aromatic carbocycles. The molecule has 1 amide bonds. The highest BCUT2D eigenvalue weighted by molar-refractivity contribution is 5.94. The number of benzene rings is 3. The molecule has 0 N–H and O–H groups in total. The molecule has 1 saturated heterocycles. The lowest BCUT2D eigenvalue weighted by Crippen LogP contribution is -2.40. The minimum Gasteiger partial charge on any atom is -0.338 e. The van der Waals surface area contributed by atoms with Gasteiger partial charge in [-0.2, -0.15) is 0 Å². The van der Waals surface area contributed by atoms with Crippen LogP contribution in [-0.2, 0) is 6.54 Å². The molecule has 0 spiro atoms. The Kier molecular flexibility index (Phi) is 8.10. The van der Waals surface area contributed by atoms with Gasteiger partial charge < -0.3 is 4.90 Å². The molecular weight excluding hydrogens is 457 g/mol. The van der Waals surface area contributed by atoms with E-state index in [0.29, 0.717) is 19.6 Å². The highest BCUT2D eigenvalue weighted by atomic mass is 19.1. The summed E-state index contributed by atoms with van der Waals surface area (Å²) < 4.78 is 14.5. The Bertz CT molecular complexity index is 1180. The first kappa shape index (κ1) is 25.5. The smallest absolute Gasteiger partial charge is 0.269 e. The predicted octanol–water partition coefficient (Wildman–Crippen LogP) is 5.75.